The van der Waals surface area contributed by atoms with Crippen molar-refractivity contribution < 1.29 is 0 Å². The lowest BCUT2D eigenvalue weighted by molar-refractivity contribution is 0.837. The van der Waals surface area contributed by atoms with Crippen LogP contribution in [0.25, 0.3) is 0 Å². The van der Waals surface area contributed by atoms with Crippen LogP contribution in [0.5, 0.6) is 0 Å². The highest BCUT2D eigenvalue weighted by Crippen LogP contribution is 2.24. The summed E-state index contributed by atoms with van der Waals surface area (Å²) in [5.74, 6) is 7.48. The average Bonchev–Trinajstić information content (AvgIpc) is 2.43. The summed E-state index contributed by atoms with van der Waals surface area (Å²) in [6, 6.07) is 7.45. The molecule has 2 aromatic rings. The second kappa shape index (κ2) is 6.54. The van der Waals surface area contributed by atoms with Crippen molar-refractivity contribution in [3.05, 3.63) is 40.7 Å². The number of nitrogens with zero attached hydrogens (tertiary/aromatic N) is 2. The number of hydrazine groups is 1. The Hall–Kier alpha value is -1.85. The molecule has 0 aliphatic rings. The molecule has 0 spiro atoms. The molecule has 0 saturated heterocycles. The Labute approximate surface area is 123 Å². The van der Waals surface area contributed by atoms with E-state index in [1.165, 1.54) is 0 Å². The maximum Gasteiger partial charge on any atom is 0.145 e. The third kappa shape index (κ3) is 3.59. The van der Waals surface area contributed by atoms with Crippen molar-refractivity contribution in [1.82, 2.24) is 9.97 Å². The summed E-state index contributed by atoms with van der Waals surface area (Å²) < 4.78 is 0. The quantitative estimate of drug-likeness (QED) is 0.581. The van der Waals surface area contributed by atoms with Gasteiger partial charge in [0.1, 0.15) is 17.5 Å². The van der Waals surface area contributed by atoms with Crippen molar-refractivity contribution in [3.63, 3.8) is 0 Å². The summed E-state index contributed by atoms with van der Waals surface area (Å²) >= 11 is 6.02. The number of anilines is 3. The first-order chi connectivity index (χ1) is 9.62. The van der Waals surface area contributed by atoms with Gasteiger partial charge >= 0.3 is 0 Å². The minimum atomic E-state index is 0.589. The Morgan fingerprint density at radius 3 is 2.65 bits per heavy atom. The van der Waals surface area contributed by atoms with Crippen molar-refractivity contribution >= 4 is 28.9 Å². The monoisotopic (exact) mass is 291 g/mol. The van der Waals surface area contributed by atoms with Gasteiger partial charge in [-0.1, -0.05) is 24.6 Å². The van der Waals surface area contributed by atoms with Crippen molar-refractivity contribution in [3.8, 4) is 0 Å². The van der Waals surface area contributed by atoms with Gasteiger partial charge in [-0.05, 0) is 31.0 Å². The van der Waals surface area contributed by atoms with Crippen LogP contribution >= 0.6 is 11.6 Å². The zero-order valence-electron chi connectivity index (χ0n) is 11.6. The molecule has 1 aromatic heterocycles. The molecule has 1 heterocycles. The van der Waals surface area contributed by atoms with E-state index in [2.05, 4.69) is 27.6 Å². The van der Waals surface area contributed by atoms with E-state index in [-0.39, 0.29) is 0 Å². The van der Waals surface area contributed by atoms with E-state index in [1.807, 2.05) is 25.1 Å². The molecular formula is C14H18ClN5. The third-order valence-corrected chi connectivity index (χ3v) is 3.09. The molecular weight excluding hydrogens is 274 g/mol. The van der Waals surface area contributed by atoms with Gasteiger partial charge < -0.3 is 10.7 Å². The standard InChI is InChI=1S/C14H18ClN5/c1-3-4-12-18-13(8-14(19-12)20-16)17-11-7-10(15)6-5-9(11)2/h5-8H,3-4,16H2,1-2H3,(H2,17,18,19,20). The maximum atomic E-state index is 6.02. The van der Waals surface area contributed by atoms with E-state index in [4.69, 9.17) is 17.4 Å². The molecule has 20 heavy (non-hydrogen) atoms. The van der Waals surface area contributed by atoms with Crippen LogP contribution in [0.3, 0.4) is 0 Å². The van der Waals surface area contributed by atoms with Crippen molar-refractivity contribution in [1.29, 1.82) is 0 Å². The van der Waals surface area contributed by atoms with Crippen LogP contribution in [0.4, 0.5) is 17.3 Å². The van der Waals surface area contributed by atoms with Crippen LogP contribution < -0.4 is 16.6 Å². The smallest absolute Gasteiger partial charge is 0.145 e. The van der Waals surface area contributed by atoms with Crippen LogP contribution in [0.2, 0.25) is 5.02 Å². The number of benzene rings is 1. The van der Waals surface area contributed by atoms with Crippen molar-refractivity contribution in [2.75, 3.05) is 10.7 Å². The zero-order valence-corrected chi connectivity index (χ0v) is 12.3. The number of aromatic nitrogens is 2. The van der Waals surface area contributed by atoms with Crippen LogP contribution in [-0.2, 0) is 6.42 Å². The number of nitrogen functional groups attached to an aromatic ring is 1. The Morgan fingerprint density at radius 1 is 1.20 bits per heavy atom. The highest BCUT2D eigenvalue weighted by molar-refractivity contribution is 6.30. The lowest BCUT2D eigenvalue weighted by Crippen LogP contribution is -2.11. The van der Waals surface area contributed by atoms with Gasteiger partial charge in [-0.3, -0.25) is 0 Å². The average molecular weight is 292 g/mol. The molecule has 0 radical (unpaired) electrons. The predicted molar refractivity (Wildman–Crippen MR) is 83.3 cm³/mol. The second-order valence-electron chi connectivity index (χ2n) is 4.53. The van der Waals surface area contributed by atoms with E-state index in [9.17, 15) is 0 Å². The first-order valence-corrected chi connectivity index (χ1v) is 6.88. The van der Waals surface area contributed by atoms with Gasteiger partial charge in [0.2, 0.25) is 0 Å². The fraction of sp³-hybridized carbons (Fsp3) is 0.286. The molecule has 0 atom stereocenters. The molecule has 0 aliphatic carbocycles. The molecule has 0 unspecified atom stereocenters. The molecule has 0 saturated carbocycles. The topological polar surface area (TPSA) is 75.9 Å². The number of hydrogen-bond acceptors (Lipinski definition) is 5. The van der Waals surface area contributed by atoms with Gasteiger partial charge in [-0.15, -0.1) is 0 Å². The van der Waals surface area contributed by atoms with Crippen LogP contribution in [0.1, 0.15) is 24.7 Å². The first-order valence-electron chi connectivity index (χ1n) is 6.50. The number of nitrogens with two attached hydrogens (primary N) is 1. The largest absolute Gasteiger partial charge is 0.340 e. The summed E-state index contributed by atoms with van der Waals surface area (Å²) in [5.41, 5.74) is 4.57. The number of halogens is 1. The molecule has 0 aliphatic heterocycles. The molecule has 0 bridgehead atoms. The Bertz CT molecular complexity index is 600. The molecule has 1 aromatic carbocycles. The molecule has 6 heteroatoms. The normalized spacial score (nSPS) is 10.4. The van der Waals surface area contributed by atoms with E-state index in [1.54, 1.807) is 6.07 Å². The second-order valence-corrected chi connectivity index (χ2v) is 4.97. The van der Waals surface area contributed by atoms with E-state index < -0.39 is 0 Å². The minimum Gasteiger partial charge on any atom is -0.340 e. The molecule has 5 nitrogen and oxygen atoms in total. The summed E-state index contributed by atoms with van der Waals surface area (Å²) in [6.45, 7) is 4.09. The lowest BCUT2D eigenvalue weighted by atomic mass is 10.2. The summed E-state index contributed by atoms with van der Waals surface area (Å²) in [4.78, 5) is 8.79. The molecule has 0 amide bonds. The van der Waals surface area contributed by atoms with Crippen molar-refractivity contribution in [2.45, 2.75) is 26.7 Å². The predicted octanol–water partition coefficient (Wildman–Crippen LogP) is 3.42. The SMILES string of the molecule is CCCc1nc(NN)cc(Nc2cc(Cl)ccc2C)n1. The van der Waals surface area contributed by atoms with Crippen LogP contribution in [0.15, 0.2) is 24.3 Å². The molecule has 0 fully saturated rings. The van der Waals surface area contributed by atoms with Gasteiger partial charge in [0, 0.05) is 23.2 Å². The zero-order chi connectivity index (χ0) is 14.5. The summed E-state index contributed by atoms with van der Waals surface area (Å²) in [5, 5.41) is 3.93. The Morgan fingerprint density at radius 2 is 1.95 bits per heavy atom. The third-order valence-electron chi connectivity index (χ3n) is 2.86. The lowest BCUT2D eigenvalue weighted by Gasteiger charge is -2.11. The molecule has 2 rings (SSSR count). The fourth-order valence-corrected chi connectivity index (χ4v) is 2.01. The van der Waals surface area contributed by atoms with Crippen molar-refractivity contribution in [2.24, 2.45) is 5.84 Å². The molecule has 106 valence electrons. The fourth-order valence-electron chi connectivity index (χ4n) is 1.84. The first kappa shape index (κ1) is 14.6. The van der Waals surface area contributed by atoms with Crippen LogP contribution in [-0.4, -0.2) is 9.97 Å². The van der Waals surface area contributed by atoms with E-state index in [0.29, 0.717) is 16.7 Å². The van der Waals surface area contributed by atoms with E-state index >= 15 is 0 Å². The number of aryl methyl sites for hydroxylation is 2. The Kier molecular flexibility index (Phi) is 4.76. The maximum absolute atomic E-state index is 6.02. The number of nitrogens with one attached hydrogen (secondary N) is 2. The minimum absolute atomic E-state index is 0.589. The van der Waals surface area contributed by atoms with Gasteiger partial charge in [-0.2, -0.15) is 0 Å². The highest BCUT2D eigenvalue weighted by Gasteiger charge is 2.06. The summed E-state index contributed by atoms with van der Waals surface area (Å²) in [6.07, 6.45) is 1.78. The summed E-state index contributed by atoms with van der Waals surface area (Å²) in [7, 11) is 0. The van der Waals surface area contributed by atoms with Gasteiger partial charge in [0.05, 0.1) is 0 Å². The van der Waals surface area contributed by atoms with Gasteiger partial charge in [0.15, 0.2) is 0 Å². The Balaban J connectivity index is 2.32. The van der Waals surface area contributed by atoms with Gasteiger partial charge in [-0.25, -0.2) is 15.8 Å². The van der Waals surface area contributed by atoms with E-state index in [0.717, 1.165) is 29.9 Å². The highest BCUT2D eigenvalue weighted by atomic mass is 35.5. The van der Waals surface area contributed by atoms with Gasteiger partial charge in [0.25, 0.3) is 0 Å². The molecule has 4 N–H and O–H groups in total. The number of hydrogen-bond donors (Lipinski definition) is 3. The number of rotatable bonds is 5. The van der Waals surface area contributed by atoms with Crippen LogP contribution in [0, 0.1) is 6.92 Å².